The molecule has 0 saturated carbocycles. The summed E-state index contributed by atoms with van der Waals surface area (Å²) < 4.78 is 7.97. The summed E-state index contributed by atoms with van der Waals surface area (Å²) in [5, 5.41) is 4.25. The Morgan fingerprint density at radius 2 is 2.36 bits per heavy atom. The number of hydrogen-bond donors (Lipinski definition) is 0. The minimum absolute atomic E-state index is 0.449. The lowest BCUT2D eigenvalue weighted by Crippen LogP contribution is -1.96. The summed E-state index contributed by atoms with van der Waals surface area (Å²) in [5.41, 5.74) is 1.96. The standard InChI is InChI=1S/C9H10IN3O/c1-2-14-9-11-8-5-3-4-7(6-10)13(8)12-9/h3-5H,2,6H2,1H3. The van der Waals surface area contributed by atoms with Crippen molar-refractivity contribution in [3.05, 3.63) is 23.9 Å². The molecule has 0 atom stereocenters. The van der Waals surface area contributed by atoms with Gasteiger partial charge in [-0.1, -0.05) is 28.7 Å². The van der Waals surface area contributed by atoms with Crippen LogP contribution in [0.25, 0.3) is 5.65 Å². The lowest BCUT2D eigenvalue weighted by atomic mass is 10.4. The molecule has 2 heterocycles. The average molecular weight is 303 g/mol. The van der Waals surface area contributed by atoms with Crippen molar-refractivity contribution in [2.24, 2.45) is 0 Å². The highest BCUT2D eigenvalue weighted by Crippen LogP contribution is 2.12. The van der Waals surface area contributed by atoms with Gasteiger partial charge in [0.15, 0.2) is 5.65 Å². The minimum atomic E-state index is 0.449. The highest BCUT2D eigenvalue weighted by Gasteiger charge is 2.05. The topological polar surface area (TPSA) is 39.4 Å². The zero-order valence-electron chi connectivity index (χ0n) is 7.77. The second-order valence-electron chi connectivity index (χ2n) is 2.75. The highest BCUT2D eigenvalue weighted by molar-refractivity contribution is 14.1. The Morgan fingerprint density at radius 3 is 3.07 bits per heavy atom. The van der Waals surface area contributed by atoms with Gasteiger partial charge in [0.05, 0.1) is 12.3 Å². The second-order valence-corrected chi connectivity index (χ2v) is 3.51. The van der Waals surface area contributed by atoms with Crippen molar-refractivity contribution < 1.29 is 4.74 Å². The first-order valence-corrected chi connectivity index (χ1v) is 5.91. The Morgan fingerprint density at radius 1 is 1.50 bits per heavy atom. The molecule has 0 amide bonds. The quantitative estimate of drug-likeness (QED) is 0.643. The number of hydrogen-bond acceptors (Lipinski definition) is 3. The first-order chi connectivity index (χ1) is 6.85. The van der Waals surface area contributed by atoms with Crippen molar-refractivity contribution in [3.8, 4) is 6.01 Å². The molecule has 0 fully saturated rings. The summed E-state index contributed by atoms with van der Waals surface area (Å²) >= 11 is 2.30. The van der Waals surface area contributed by atoms with E-state index in [0.717, 1.165) is 15.8 Å². The van der Waals surface area contributed by atoms with Crippen LogP contribution < -0.4 is 4.74 Å². The SMILES string of the molecule is CCOc1nc2cccc(CI)n2n1. The minimum Gasteiger partial charge on any atom is -0.463 e. The molecule has 0 aliphatic carbocycles. The predicted molar refractivity (Wildman–Crippen MR) is 61.9 cm³/mol. The van der Waals surface area contributed by atoms with Gasteiger partial charge >= 0.3 is 6.01 Å². The number of fused-ring (bicyclic) bond motifs is 1. The van der Waals surface area contributed by atoms with Gasteiger partial charge in [-0.2, -0.15) is 4.98 Å². The van der Waals surface area contributed by atoms with E-state index in [0.29, 0.717) is 12.6 Å². The van der Waals surface area contributed by atoms with Gasteiger partial charge in [0.2, 0.25) is 0 Å². The predicted octanol–water partition coefficient (Wildman–Crippen LogP) is 2.06. The number of rotatable bonds is 3. The van der Waals surface area contributed by atoms with E-state index in [-0.39, 0.29) is 0 Å². The maximum absolute atomic E-state index is 5.24. The fraction of sp³-hybridized carbons (Fsp3) is 0.333. The zero-order valence-corrected chi connectivity index (χ0v) is 9.93. The van der Waals surface area contributed by atoms with E-state index in [1.807, 2.05) is 29.6 Å². The number of aromatic nitrogens is 3. The van der Waals surface area contributed by atoms with Crippen molar-refractivity contribution >= 4 is 28.2 Å². The lowest BCUT2D eigenvalue weighted by Gasteiger charge is -1.97. The van der Waals surface area contributed by atoms with Gasteiger partial charge in [-0.25, -0.2) is 4.52 Å². The molecule has 2 aromatic rings. The maximum atomic E-state index is 5.24. The van der Waals surface area contributed by atoms with Gasteiger partial charge in [0.1, 0.15) is 0 Å². The normalized spacial score (nSPS) is 10.7. The van der Waals surface area contributed by atoms with E-state index in [4.69, 9.17) is 4.74 Å². The number of nitrogens with zero attached hydrogens (tertiary/aromatic N) is 3. The molecule has 0 bridgehead atoms. The van der Waals surface area contributed by atoms with Crippen LogP contribution >= 0.6 is 22.6 Å². The molecule has 2 aromatic heterocycles. The van der Waals surface area contributed by atoms with E-state index < -0.39 is 0 Å². The van der Waals surface area contributed by atoms with Gasteiger partial charge < -0.3 is 4.74 Å². The molecular weight excluding hydrogens is 293 g/mol. The molecule has 4 nitrogen and oxygen atoms in total. The Balaban J connectivity index is 2.52. The molecule has 0 unspecified atom stereocenters. The molecule has 0 radical (unpaired) electrons. The van der Waals surface area contributed by atoms with Crippen LogP contribution in [0.15, 0.2) is 18.2 Å². The van der Waals surface area contributed by atoms with Crippen molar-refractivity contribution in [2.75, 3.05) is 6.61 Å². The molecule has 74 valence electrons. The van der Waals surface area contributed by atoms with Crippen molar-refractivity contribution in [3.63, 3.8) is 0 Å². The van der Waals surface area contributed by atoms with E-state index in [2.05, 4.69) is 32.7 Å². The lowest BCUT2D eigenvalue weighted by molar-refractivity contribution is 0.313. The van der Waals surface area contributed by atoms with Crippen molar-refractivity contribution in [2.45, 2.75) is 11.4 Å². The Hall–Kier alpha value is -0.850. The number of pyridine rings is 1. The highest BCUT2D eigenvalue weighted by atomic mass is 127. The van der Waals surface area contributed by atoms with Gasteiger partial charge in [-0.05, 0) is 19.1 Å². The van der Waals surface area contributed by atoms with E-state index in [9.17, 15) is 0 Å². The molecular formula is C9H10IN3O. The Kier molecular flexibility index (Phi) is 2.85. The summed E-state index contributed by atoms with van der Waals surface area (Å²) in [6.07, 6.45) is 0. The maximum Gasteiger partial charge on any atom is 0.336 e. The third-order valence-electron chi connectivity index (χ3n) is 1.83. The molecule has 0 spiro atoms. The smallest absolute Gasteiger partial charge is 0.336 e. The molecule has 14 heavy (non-hydrogen) atoms. The number of halogens is 1. The van der Waals surface area contributed by atoms with Crippen LogP contribution in [0.1, 0.15) is 12.6 Å². The summed E-state index contributed by atoms with van der Waals surface area (Å²) in [7, 11) is 0. The monoisotopic (exact) mass is 303 g/mol. The van der Waals surface area contributed by atoms with Gasteiger partial charge in [-0.3, -0.25) is 0 Å². The fourth-order valence-corrected chi connectivity index (χ4v) is 1.81. The fourth-order valence-electron chi connectivity index (χ4n) is 1.23. The van der Waals surface area contributed by atoms with Gasteiger partial charge in [0, 0.05) is 4.43 Å². The summed E-state index contributed by atoms with van der Waals surface area (Å²) in [5.74, 6) is 0. The number of alkyl halides is 1. The van der Waals surface area contributed by atoms with E-state index >= 15 is 0 Å². The van der Waals surface area contributed by atoms with Crippen LogP contribution in [0.2, 0.25) is 0 Å². The first kappa shape index (κ1) is 9.70. The second kappa shape index (κ2) is 4.12. The van der Waals surface area contributed by atoms with E-state index in [1.54, 1.807) is 0 Å². The van der Waals surface area contributed by atoms with Crippen molar-refractivity contribution in [1.29, 1.82) is 0 Å². The summed E-state index contributed by atoms with van der Waals surface area (Å²) in [6.45, 7) is 2.52. The largest absolute Gasteiger partial charge is 0.463 e. The van der Waals surface area contributed by atoms with Crippen LogP contribution in [0.3, 0.4) is 0 Å². The van der Waals surface area contributed by atoms with Gasteiger partial charge in [-0.15, -0.1) is 5.10 Å². The first-order valence-electron chi connectivity index (χ1n) is 4.38. The van der Waals surface area contributed by atoms with Crippen LogP contribution in [0.4, 0.5) is 0 Å². The summed E-state index contributed by atoms with van der Waals surface area (Å²) in [4.78, 5) is 4.24. The van der Waals surface area contributed by atoms with Crippen LogP contribution in [0.5, 0.6) is 6.01 Å². The molecule has 0 saturated heterocycles. The molecule has 0 N–H and O–H groups in total. The Labute approximate surface area is 95.4 Å². The molecule has 5 heteroatoms. The molecule has 0 aliphatic rings. The zero-order chi connectivity index (χ0) is 9.97. The van der Waals surface area contributed by atoms with Gasteiger partial charge in [0.25, 0.3) is 0 Å². The third-order valence-corrected chi connectivity index (χ3v) is 2.61. The number of ether oxygens (including phenoxy) is 1. The van der Waals surface area contributed by atoms with Crippen LogP contribution in [-0.4, -0.2) is 21.2 Å². The van der Waals surface area contributed by atoms with E-state index in [1.165, 1.54) is 0 Å². The molecule has 0 aromatic carbocycles. The third kappa shape index (κ3) is 1.68. The average Bonchev–Trinajstić information content (AvgIpc) is 2.60. The molecule has 0 aliphatic heterocycles. The van der Waals surface area contributed by atoms with Crippen LogP contribution in [-0.2, 0) is 4.43 Å². The molecule has 2 rings (SSSR count). The summed E-state index contributed by atoms with van der Waals surface area (Å²) in [6, 6.07) is 6.38. The van der Waals surface area contributed by atoms with Crippen molar-refractivity contribution in [1.82, 2.24) is 14.6 Å². The van der Waals surface area contributed by atoms with Crippen LogP contribution in [0, 0.1) is 0 Å². The Bertz CT molecular complexity index is 441.